The largest absolute Gasteiger partial charge is 0.394 e. The van der Waals surface area contributed by atoms with Crippen molar-refractivity contribution in [2.45, 2.75) is 386 Å². The lowest BCUT2D eigenvalue weighted by Crippen LogP contribution is -2.45. The summed E-state index contributed by atoms with van der Waals surface area (Å²) in [5.74, 6) is -0.0229. The van der Waals surface area contributed by atoms with Gasteiger partial charge in [-0.05, 0) is 12.8 Å². The van der Waals surface area contributed by atoms with Crippen LogP contribution in [0.2, 0.25) is 0 Å². The van der Waals surface area contributed by atoms with Crippen LogP contribution in [-0.2, 0) is 4.79 Å². The molecule has 396 valence electrons. The van der Waals surface area contributed by atoms with Crippen molar-refractivity contribution in [3.8, 4) is 0 Å². The van der Waals surface area contributed by atoms with Gasteiger partial charge < -0.3 is 15.5 Å². The molecule has 0 aromatic carbocycles. The van der Waals surface area contributed by atoms with Crippen LogP contribution in [0, 0.1) is 0 Å². The molecule has 66 heavy (non-hydrogen) atoms. The molecule has 0 saturated carbocycles. The smallest absolute Gasteiger partial charge is 0.220 e. The second kappa shape index (κ2) is 58.7. The molecule has 4 heteroatoms. The first kappa shape index (κ1) is 65.4. The minimum Gasteiger partial charge on any atom is -0.394 e. The number of carbonyl (C=O) groups is 1. The molecule has 0 aliphatic carbocycles. The first-order chi connectivity index (χ1) is 32.7. The first-order valence-corrected chi connectivity index (χ1v) is 31.2. The van der Waals surface area contributed by atoms with Gasteiger partial charge in [0.15, 0.2) is 0 Å². The number of carbonyl (C=O) groups excluding carboxylic acids is 1. The van der Waals surface area contributed by atoms with E-state index in [1.165, 1.54) is 321 Å². The molecule has 0 aliphatic heterocycles. The first-order valence-electron chi connectivity index (χ1n) is 31.2. The zero-order valence-electron chi connectivity index (χ0n) is 45.8. The Balaban J connectivity index is 3.29. The zero-order valence-corrected chi connectivity index (χ0v) is 45.8. The van der Waals surface area contributed by atoms with Gasteiger partial charge in [0.05, 0.1) is 18.8 Å². The average molecular weight is 933 g/mol. The van der Waals surface area contributed by atoms with E-state index in [0.717, 1.165) is 25.7 Å². The molecule has 1 amide bonds. The molecule has 4 nitrogen and oxygen atoms in total. The Kier molecular flexibility index (Phi) is 58.2. The molecule has 3 N–H and O–H groups in total. The topological polar surface area (TPSA) is 69.6 Å². The van der Waals surface area contributed by atoms with Gasteiger partial charge in [-0.2, -0.15) is 0 Å². The Morgan fingerprint density at radius 3 is 0.682 bits per heavy atom. The molecular weight excluding hydrogens is 807 g/mol. The predicted molar refractivity (Wildman–Crippen MR) is 295 cm³/mol. The maximum Gasteiger partial charge on any atom is 0.220 e. The molecule has 0 saturated heterocycles. The molecule has 0 bridgehead atoms. The lowest BCUT2D eigenvalue weighted by atomic mass is 10.0. The van der Waals surface area contributed by atoms with E-state index in [1.807, 2.05) is 0 Å². The van der Waals surface area contributed by atoms with Crippen LogP contribution in [0.4, 0.5) is 0 Å². The van der Waals surface area contributed by atoms with Crippen molar-refractivity contribution in [3.63, 3.8) is 0 Å². The monoisotopic (exact) mass is 932 g/mol. The summed E-state index contributed by atoms with van der Waals surface area (Å²) in [6, 6.07) is -0.530. The molecule has 0 aromatic heterocycles. The van der Waals surface area contributed by atoms with Crippen molar-refractivity contribution in [2.75, 3.05) is 6.61 Å². The Labute approximate surface area is 416 Å². The maximum atomic E-state index is 12.5. The number of hydrogen-bond donors (Lipinski definition) is 3. The van der Waals surface area contributed by atoms with Gasteiger partial charge in [0.1, 0.15) is 0 Å². The van der Waals surface area contributed by atoms with Crippen molar-refractivity contribution >= 4 is 5.91 Å². The molecule has 0 radical (unpaired) electrons. The fourth-order valence-electron chi connectivity index (χ4n) is 10.4. The molecule has 0 rings (SSSR count). The highest BCUT2D eigenvalue weighted by Crippen LogP contribution is 2.19. The Bertz CT molecular complexity index is 879. The van der Waals surface area contributed by atoms with Crippen LogP contribution < -0.4 is 5.32 Å². The van der Waals surface area contributed by atoms with E-state index in [1.54, 1.807) is 0 Å². The predicted octanol–water partition coefficient (Wildman–Crippen LogP) is 20.7. The third-order valence-corrected chi connectivity index (χ3v) is 15.1. The number of nitrogens with one attached hydrogen (secondary N) is 1. The molecule has 2 atom stereocenters. The molecular formula is C62H125NO3. The third kappa shape index (κ3) is 54.3. The highest BCUT2D eigenvalue weighted by molar-refractivity contribution is 5.76. The number of unbranched alkanes of at least 4 members (excludes halogenated alkanes) is 52. The highest BCUT2D eigenvalue weighted by Gasteiger charge is 2.20. The fourth-order valence-corrected chi connectivity index (χ4v) is 10.4. The zero-order chi connectivity index (χ0) is 47.7. The summed E-state index contributed by atoms with van der Waals surface area (Å²) in [7, 11) is 0. The summed E-state index contributed by atoms with van der Waals surface area (Å²) in [6.45, 7) is 4.39. The molecule has 0 aliphatic rings. The van der Waals surface area contributed by atoms with Gasteiger partial charge in [0, 0.05) is 6.42 Å². The Hall–Kier alpha value is -0.610. The number of hydrogen-bond acceptors (Lipinski definition) is 3. The number of aliphatic hydroxyl groups excluding tert-OH is 2. The van der Waals surface area contributed by atoms with Gasteiger partial charge >= 0.3 is 0 Å². The Morgan fingerprint density at radius 2 is 0.485 bits per heavy atom. The van der Waals surface area contributed by atoms with E-state index in [0.29, 0.717) is 12.8 Å². The van der Waals surface area contributed by atoms with E-state index in [-0.39, 0.29) is 12.5 Å². The lowest BCUT2D eigenvalue weighted by Gasteiger charge is -2.22. The fraction of sp³-hybridized carbons (Fsp3) is 0.984. The van der Waals surface area contributed by atoms with Crippen LogP contribution in [0.5, 0.6) is 0 Å². The standard InChI is InChI=1S/C62H125NO3/c1-3-5-7-9-11-13-15-17-18-19-20-21-22-23-24-25-26-27-28-29-30-31-32-33-34-35-36-37-38-39-40-41-42-43-44-46-48-50-52-54-56-58-62(66)63-60(59-64)61(65)57-55-53-51-49-47-45-16-14-12-10-8-6-4-2/h60-61,64-65H,3-59H2,1-2H3,(H,63,66). The van der Waals surface area contributed by atoms with Crippen LogP contribution in [-0.4, -0.2) is 34.9 Å². The molecule has 0 aromatic rings. The Morgan fingerprint density at radius 1 is 0.303 bits per heavy atom. The van der Waals surface area contributed by atoms with Gasteiger partial charge in [0.25, 0.3) is 0 Å². The van der Waals surface area contributed by atoms with Crippen LogP contribution in [0.25, 0.3) is 0 Å². The van der Waals surface area contributed by atoms with Gasteiger partial charge in [-0.25, -0.2) is 0 Å². The normalized spacial score (nSPS) is 12.6. The second-order valence-electron chi connectivity index (χ2n) is 21.8. The number of aliphatic hydroxyl groups is 2. The minimum absolute atomic E-state index is 0.0229. The van der Waals surface area contributed by atoms with Crippen LogP contribution in [0.1, 0.15) is 373 Å². The highest BCUT2D eigenvalue weighted by atomic mass is 16.3. The van der Waals surface area contributed by atoms with Crippen molar-refractivity contribution in [1.82, 2.24) is 5.32 Å². The maximum absolute atomic E-state index is 12.5. The van der Waals surface area contributed by atoms with E-state index < -0.39 is 12.1 Å². The summed E-state index contributed by atoms with van der Waals surface area (Å²) < 4.78 is 0. The van der Waals surface area contributed by atoms with E-state index in [4.69, 9.17) is 0 Å². The van der Waals surface area contributed by atoms with Crippen LogP contribution in [0.3, 0.4) is 0 Å². The van der Waals surface area contributed by atoms with Gasteiger partial charge in [-0.15, -0.1) is 0 Å². The summed E-state index contributed by atoms with van der Waals surface area (Å²) in [4.78, 5) is 12.5. The van der Waals surface area contributed by atoms with Crippen molar-refractivity contribution < 1.29 is 15.0 Å². The SMILES string of the molecule is CCCCCCCCCCCCCCCCCCCCCCCCCCCCCCCCCCCCCCCCCCCC(=O)NC(CO)C(O)CCCCCCCCCCCCCCC. The molecule has 2 unspecified atom stereocenters. The lowest BCUT2D eigenvalue weighted by molar-refractivity contribution is -0.123. The van der Waals surface area contributed by atoms with Gasteiger partial charge in [-0.1, -0.05) is 354 Å². The third-order valence-electron chi connectivity index (χ3n) is 15.1. The number of rotatable bonds is 59. The van der Waals surface area contributed by atoms with Crippen molar-refractivity contribution in [1.29, 1.82) is 0 Å². The average Bonchev–Trinajstić information content (AvgIpc) is 3.32. The summed E-state index contributed by atoms with van der Waals surface area (Å²) in [5, 5.41) is 23.3. The molecule has 0 spiro atoms. The molecule has 0 fully saturated rings. The van der Waals surface area contributed by atoms with E-state index >= 15 is 0 Å². The second-order valence-corrected chi connectivity index (χ2v) is 21.8. The van der Waals surface area contributed by atoms with E-state index in [2.05, 4.69) is 19.2 Å². The summed E-state index contributed by atoms with van der Waals surface area (Å²) in [5.41, 5.74) is 0. The van der Waals surface area contributed by atoms with Crippen molar-refractivity contribution in [3.05, 3.63) is 0 Å². The minimum atomic E-state index is -0.654. The number of amides is 1. The summed E-state index contributed by atoms with van der Waals surface area (Å²) >= 11 is 0. The van der Waals surface area contributed by atoms with Gasteiger partial charge in [-0.3, -0.25) is 4.79 Å². The molecule has 0 heterocycles. The van der Waals surface area contributed by atoms with E-state index in [9.17, 15) is 15.0 Å². The van der Waals surface area contributed by atoms with Crippen LogP contribution in [0.15, 0.2) is 0 Å². The summed E-state index contributed by atoms with van der Waals surface area (Å²) in [6.07, 6.45) is 75.8. The quantitative estimate of drug-likeness (QED) is 0.0532. The van der Waals surface area contributed by atoms with Gasteiger partial charge in [0.2, 0.25) is 5.91 Å². The van der Waals surface area contributed by atoms with Crippen molar-refractivity contribution in [2.24, 2.45) is 0 Å². The van der Waals surface area contributed by atoms with Crippen LogP contribution >= 0.6 is 0 Å².